The molecular formula is C46H51N15O6. The van der Waals surface area contributed by atoms with Crippen LogP contribution in [-0.2, 0) is 31.0 Å². The van der Waals surface area contributed by atoms with Gasteiger partial charge in [-0.2, -0.15) is 10.2 Å². The third-order valence-electron chi connectivity index (χ3n) is 10.4. The van der Waals surface area contributed by atoms with E-state index in [-0.39, 0.29) is 59.9 Å². The molecule has 4 aromatic heterocycles. The number of ether oxygens (including phenoxy) is 2. The number of aryl methyl sites for hydroxylation is 2. The first kappa shape index (κ1) is 46.2. The summed E-state index contributed by atoms with van der Waals surface area (Å²) in [5, 5.41) is 15.6. The van der Waals surface area contributed by atoms with Gasteiger partial charge in [-0.15, -0.1) is 0 Å². The van der Waals surface area contributed by atoms with Gasteiger partial charge in [-0.1, -0.05) is 18.2 Å². The van der Waals surface area contributed by atoms with E-state index in [0.29, 0.717) is 64.5 Å². The normalized spacial score (nSPS) is 12.3. The number of nitrogens with zero attached hydrogens (tertiary/aromatic N) is 9. The number of nitrogens with one attached hydrogen (secondary N) is 2. The summed E-state index contributed by atoms with van der Waals surface area (Å²) >= 11 is 0. The number of nitrogen functional groups attached to an aromatic ring is 1. The molecule has 0 unspecified atom stereocenters. The Morgan fingerprint density at radius 2 is 1.42 bits per heavy atom. The minimum atomic E-state index is -0.702. The number of hydrogen-bond acceptors (Lipinski definition) is 13. The van der Waals surface area contributed by atoms with Gasteiger partial charge >= 0.3 is 0 Å². The van der Waals surface area contributed by atoms with Gasteiger partial charge in [0.15, 0.2) is 0 Å². The zero-order valence-corrected chi connectivity index (χ0v) is 37.6. The lowest BCUT2D eigenvalue weighted by molar-refractivity contribution is -0.110. The highest BCUT2D eigenvalue weighted by Crippen LogP contribution is 2.33. The van der Waals surface area contributed by atoms with Crippen molar-refractivity contribution < 1.29 is 28.7 Å². The molecule has 0 spiro atoms. The van der Waals surface area contributed by atoms with Gasteiger partial charge in [0.2, 0.25) is 23.7 Å². The highest BCUT2D eigenvalue weighted by molar-refractivity contribution is 6.47. The molecule has 4 heterocycles. The number of hydrogen-bond donors (Lipinski definition) is 6. The smallest absolute Gasteiger partial charge is 0.276 e. The topological polar surface area (TPSA) is 299 Å². The fourth-order valence-electron chi connectivity index (χ4n) is 7.42. The molecule has 346 valence electrons. The Balaban J connectivity index is 1.25. The molecule has 21 heteroatoms. The van der Waals surface area contributed by atoms with Crippen LogP contribution in [0.4, 0.5) is 17.6 Å². The zero-order valence-electron chi connectivity index (χ0n) is 37.6. The van der Waals surface area contributed by atoms with Crippen molar-refractivity contribution in [3.63, 3.8) is 0 Å². The van der Waals surface area contributed by atoms with Gasteiger partial charge in [-0.05, 0) is 88.4 Å². The molecule has 0 saturated carbocycles. The van der Waals surface area contributed by atoms with Crippen molar-refractivity contribution >= 4 is 79.9 Å². The van der Waals surface area contributed by atoms with Crippen molar-refractivity contribution in [3.05, 3.63) is 113 Å². The lowest BCUT2D eigenvalue weighted by Crippen LogP contribution is -2.24. The predicted molar refractivity (Wildman–Crippen MR) is 256 cm³/mol. The molecular weight excluding hydrogens is 859 g/mol. The summed E-state index contributed by atoms with van der Waals surface area (Å²) in [5.74, 6) is -1.60. The van der Waals surface area contributed by atoms with E-state index in [1.807, 2.05) is 54.1 Å². The van der Waals surface area contributed by atoms with Gasteiger partial charge < -0.3 is 41.5 Å². The Hall–Kier alpha value is -8.75. The average molecular weight is 910 g/mol. The summed E-state index contributed by atoms with van der Waals surface area (Å²) in [6, 6.07) is 13.3. The fraction of sp³-hybridized carbons (Fsp3) is 0.239. The summed E-state index contributed by atoms with van der Waals surface area (Å²) in [5.41, 5.74) is 28.2. The molecule has 10 N–H and O–H groups in total. The van der Waals surface area contributed by atoms with Crippen LogP contribution in [0.5, 0.6) is 11.5 Å². The highest BCUT2D eigenvalue weighted by atomic mass is 16.5. The van der Waals surface area contributed by atoms with E-state index in [2.05, 4.69) is 30.8 Å². The zero-order chi connectivity index (χ0) is 47.9. The van der Waals surface area contributed by atoms with Gasteiger partial charge in [-0.3, -0.25) is 44.2 Å². The van der Waals surface area contributed by atoms with Crippen molar-refractivity contribution in [1.82, 2.24) is 38.7 Å². The molecule has 4 amide bonds. The lowest BCUT2D eigenvalue weighted by Gasteiger charge is -2.13. The molecule has 0 aliphatic carbocycles. The highest BCUT2D eigenvalue weighted by Gasteiger charge is 2.23. The molecule has 0 saturated heterocycles. The summed E-state index contributed by atoms with van der Waals surface area (Å²) in [4.78, 5) is 66.0. The first-order valence-corrected chi connectivity index (χ1v) is 21.2. The molecule has 7 rings (SSSR count). The van der Waals surface area contributed by atoms with Crippen LogP contribution in [0.25, 0.3) is 33.0 Å². The van der Waals surface area contributed by atoms with Crippen molar-refractivity contribution in [2.24, 2.45) is 22.2 Å². The monoisotopic (exact) mass is 909 g/mol. The first-order valence-electron chi connectivity index (χ1n) is 21.2. The molecule has 67 heavy (non-hydrogen) atoms. The molecule has 7 aromatic rings. The Kier molecular flexibility index (Phi) is 13.8. The van der Waals surface area contributed by atoms with E-state index in [4.69, 9.17) is 37.4 Å². The van der Waals surface area contributed by atoms with Crippen LogP contribution in [-0.4, -0.2) is 88.3 Å². The fourth-order valence-corrected chi connectivity index (χ4v) is 7.42. The number of anilines is 3. The van der Waals surface area contributed by atoms with E-state index in [1.54, 1.807) is 46.9 Å². The Morgan fingerprint density at radius 3 is 2.03 bits per heavy atom. The number of imidazole rings is 2. The number of carbonyl (C=O) groups excluding carboxylic acids is 4. The minimum absolute atomic E-state index is 0.0886. The number of aromatic nitrogens is 8. The number of carbonyl (C=O) groups is 4. The SMILES string of the molecule is CCN=C(/C=C(/C)N)C(=O)Nc1nc2cc(C(N)=O)cc(OC)c2n1C/C=C/Cn1c(NC(=O)c2cc(C)nn2CC)nc2cc(C(N)=O)cc(OC/C=C/Cn3ncc4cc(N)ccc43)c21. The van der Waals surface area contributed by atoms with Gasteiger partial charge in [0.05, 0.1) is 42.1 Å². The van der Waals surface area contributed by atoms with Crippen molar-refractivity contribution in [2.45, 2.75) is 53.9 Å². The van der Waals surface area contributed by atoms with Crippen LogP contribution >= 0.6 is 0 Å². The van der Waals surface area contributed by atoms with E-state index < -0.39 is 23.6 Å². The lowest BCUT2D eigenvalue weighted by atomic mass is 10.1. The number of allylic oxidation sites excluding steroid dienone is 4. The van der Waals surface area contributed by atoms with Gasteiger partial charge in [0.25, 0.3) is 11.8 Å². The van der Waals surface area contributed by atoms with Crippen LogP contribution in [0.1, 0.15) is 57.7 Å². The second kappa shape index (κ2) is 20.0. The average Bonchev–Trinajstić information content (AvgIpc) is 4.06. The molecule has 0 aliphatic heterocycles. The molecule has 0 aliphatic rings. The minimum Gasteiger partial charge on any atom is -0.494 e. The molecule has 21 nitrogen and oxygen atoms in total. The number of aliphatic imine (C=N–C) groups is 1. The number of nitrogens with two attached hydrogens (primary N) is 4. The Bertz CT molecular complexity index is 3180. The van der Waals surface area contributed by atoms with E-state index in [1.165, 1.54) is 37.5 Å². The maximum Gasteiger partial charge on any atom is 0.276 e. The third kappa shape index (κ3) is 10.1. The van der Waals surface area contributed by atoms with Gasteiger partial charge in [0, 0.05) is 54.1 Å². The van der Waals surface area contributed by atoms with Gasteiger partial charge in [-0.25, -0.2) is 9.97 Å². The summed E-state index contributed by atoms with van der Waals surface area (Å²) in [7, 11) is 1.44. The van der Waals surface area contributed by atoms with Crippen molar-refractivity contribution in [3.8, 4) is 11.5 Å². The van der Waals surface area contributed by atoms with Crippen LogP contribution in [0.2, 0.25) is 0 Å². The van der Waals surface area contributed by atoms with E-state index in [0.717, 1.165) is 10.9 Å². The van der Waals surface area contributed by atoms with Crippen molar-refractivity contribution in [1.29, 1.82) is 0 Å². The maximum absolute atomic E-state index is 13.9. The number of primary amides is 2. The third-order valence-corrected chi connectivity index (χ3v) is 10.4. The van der Waals surface area contributed by atoms with Crippen LogP contribution in [0, 0.1) is 6.92 Å². The van der Waals surface area contributed by atoms with Crippen LogP contribution in [0.3, 0.4) is 0 Å². The predicted octanol–water partition coefficient (Wildman–Crippen LogP) is 4.45. The quantitative estimate of drug-likeness (QED) is 0.0373. The molecule has 0 atom stereocenters. The first-order chi connectivity index (χ1) is 32.2. The van der Waals surface area contributed by atoms with Crippen molar-refractivity contribution in [2.75, 3.05) is 36.6 Å². The molecule has 0 fully saturated rings. The second-order valence-corrected chi connectivity index (χ2v) is 15.3. The standard InChI is InChI=1S/C46H51N15O6/c1-6-51-34(18-26(3)47)43(64)55-45-53-32-21-28(41(49)62)23-37(66-5)39(32)58(45)14-8-9-15-59-40-33(54-46(59)56-44(65)36-19-27(4)57-60(36)7-2)22-29(42(50)63)24-38(40)67-17-11-10-16-61-35-13-12-31(48)20-30(35)25-52-61/h8-13,18-25H,6-7,14-17,47-48H2,1-5H3,(H2,49,62)(H2,50,63)(H,53,55,64)(H,54,56,65)/b9-8+,11-10+,26-18-,51-34?. The van der Waals surface area contributed by atoms with Crippen LogP contribution in [0.15, 0.2) is 95.8 Å². The van der Waals surface area contributed by atoms with E-state index >= 15 is 0 Å². The molecule has 3 aromatic carbocycles. The number of rotatable bonds is 19. The Labute approximate surface area is 383 Å². The summed E-state index contributed by atoms with van der Waals surface area (Å²) in [6.07, 6.45) is 10.6. The largest absolute Gasteiger partial charge is 0.494 e. The van der Waals surface area contributed by atoms with E-state index in [9.17, 15) is 19.2 Å². The summed E-state index contributed by atoms with van der Waals surface area (Å²) < 4.78 is 18.9. The second-order valence-electron chi connectivity index (χ2n) is 15.3. The van der Waals surface area contributed by atoms with Crippen LogP contribution < -0.4 is 43.0 Å². The number of amides is 4. The molecule has 0 radical (unpaired) electrons. The molecule has 0 bridgehead atoms. The number of benzene rings is 3. The van der Waals surface area contributed by atoms with Gasteiger partial charge in [0.1, 0.15) is 40.5 Å². The number of fused-ring (bicyclic) bond motifs is 3. The maximum atomic E-state index is 13.9. The summed E-state index contributed by atoms with van der Waals surface area (Å²) in [6.45, 7) is 8.65. The number of methoxy groups -OCH3 is 1. The Morgan fingerprint density at radius 1 is 0.791 bits per heavy atom.